The third kappa shape index (κ3) is 3.58. The maximum atomic E-state index is 12.6. The minimum absolute atomic E-state index is 0.0956. The van der Waals surface area contributed by atoms with Crippen molar-refractivity contribution in [3.8, 4) is 0 Å². The molecule has 1 fully saturated rings. The van der Waals surface area contributed by atoms with Gasteiger partial charge >= 0.3 is 6.18 Å². The van der Waals surface area contributed by atoms with Gasteiger partial charge in [-0.05, 0) is 26.0 Å². The van der Waals surface area contributed by atoms with Crippen molar-refractivity contribution in [2.24, 2.45) is 5.92 Å². The van der Waals surface area contributed by atoms with Crippen LogP contribution in [0.1, 0.15) is 18.5 Å². The van der Waals surface area contributed by atoms with E-state index in [9.17, 15) is 21.6 Å². The normalized spacial score (nSPS) is 19.0. The number of piperidine rings is 1. The molecule has 1 aliphatic heterocycles. The van der Waals surface area contributed by atoms with E-state index in [-0.39, 0.29) is 30.8 Å². The molecule has 0 radical (unpaired) electrons. The van der Waals surface area contributed by atoms with Crippen LogP contribution in [0.4, 0.5) is 13.2 Å². The quantitative estimate of drug-likeness (QED) is 0.885. The van der Waals surface area contributed by atoms with Crippen molar-refractivity contribution in [3.63, 3.8) is 0 Å². The lowest BCUT2D eigenvalue weighted by Gasteiger charge is -2.31. The van der Waals surface area contributed by atoms with Crippen molar-refractivity contribution in [1.82, 2.24) is 14.6 Å². The highest BCUT2D eigenvalue weighted by molar-refractivity contribution is 7.89. The molecule has 0 saturated carbocycles. The molecule has 9 heteroatoms. The number of nitrogens with zero attached hydrogens (tertiary/aromatic N) is 1. The van der Waals surface area contributed by atoms with E-state index in [1.807, 2.05) is 0 Å². The molecule has 2 rings (SSSR count). The third-order valence-corrected chi connectivity index (χ3v) is 5.51. The summed E-state index contributed by atoms with van der Waals surface area (Å²) in [5, 5.41) is 2.89. The molecular formula is C12H18F3N3O2S. The minimum Gasteiger partial charge on any atom is -0.363 e. The van der Waals surface area contributed by atoms with Crippen molar-refractivity contribution in [2.45, 2.75) is 30.5 Å². The highest BCUT2D eigenvalue weighted by atomic mass is 32.2. The molecule has 2 N–H and O–H groups in total. The van der Waals surface area contributed by atoms with Crippen molar-refractivity contribution in [3.05, 3.63) is 18.0 Å². The number of sulfonamides is 1. The molecule has 5 nitrogen and oxygen atoms in total. The number of rotatable bonds is 4. The molecule has 1 aromatic rings. The summed E-state index contributed by atoms with van der Waals surface area (Å²) in [6.07, 6.45) is -3.24. The van der Waals surface area contributed by atoms with Gasteiger partial charge in [-0.1, -0.05) is 0 Å². The predicted molar refractivity (Wildman–Crippen MR) is 71.1 cm³/mol. The van der Waals surface area contributed by atoms with Gasteiger partial charge in [-0.25, -0.2) is 8.42 Å². The summed E-state index contributed by atoms with van der Waals surface area (Å²) < 4.78 is 63.6. The van der Waals surface area contributed by atoms with Gasteiger partial charge in [0.15, 0.2) is 0 Å². The summed E-state index contributed by atoms with van der Waals surface area (Å²) in [5.41, 5.74) is 0.709. The average Bonchev–Trinajstić information content (AvgIpc) is 2.88. The first kappa shape index (κ1) is 16.3. The Morgan fingerprint density at radius 3 is 2.52 bits per heavy atom. The maximum absolute atomic E-state index is 12.6. The van der Waals surface area contributed by atoms with Crippen LogP contribution < -0.4 is 5.32 Å². The summed E-state index contributed by atoms with van der Waals surface area (Å²) in [6, 6.07) is 1.50. The first-order chi connectivity index (χ1) is 9.75. The van der Waals surface area contributed by atoms with Gasteiger partial charge in [0.1, 0.15) is 0 Å². The SMILES string of the molecule is CNCc1cc(S(=O)(=O)N2CCC(C(F)(F)F)CC2)c[nH]1. The lowest BCUT2D eigenvalue weighted by Crippen LogP contribution is -2.41. The summed E-state index contributed by atoms with van der Waals surface area (Å²) in [6.45, 7) is 0.295. The Bertz CT molecular complexity index is 575. The second-order valence-electron chi connectivity index (χ2n) is 5.11. The van der Waals surface area contributed by atoms with Gasteiger partial charge in [-0.2, -0.15) is 17.5 Å². The van der Waals surface area contributed by atoms with Gasteiger partial charge in [0, 0.05) is 31.5 Å². The molecule has 0 aliphatic carbocycles. The molecule has 1 saturated heterocycles. The zero-order valence-electron chi connectivity index (χ0n) is 11.6. The number of aromatic nitrogens is 1. The second kappa shape index (κ2) is 5.98. The molecule has 0 unspecified atom stereocenters. The highest BCUT2D eigenvalue weighted by Crippen LogP contribution is 2.35. The standard InChI is InChI=1S/C12H18F3N3O2S/c1-16-7-10-6-11(8-17-10)21(19,20)18-4-2-9(3-5-18)12(13,14)15/h6,8-9,16-17H,2-5,7H2,1H3. The fraction of sp³-hybridized carbons (Fsp3) is 0.667. The molecule has 0 bridgehead atoms. The summed E-state index contributed by atoms with van der Waals surface area (Å²) in [7, 11) is -1.99. The van der Waals surface area contributed by atoms with E-state index >= 15 is 0 Å². The molecule has 2 heterocycles. The molecule has 1 aromatic heterocycles. The van der Waals surface area contributed by atoms with Crippen LogP contribution in [0.2, 0.25) is 0 Å². The fourth-order valence-electron chi connectivity index (χ4n) is 2.43. The van der Waals surface area contributed by atoms with E-state index < -0.39 is 22.1 Å². The van der Waals surface area contributed by atoms with Crippen LogP contribution in [-0.2, 0) is 16.6 Å². The van der Waals surface area contributed by atoms with Gasteiger partial charge < -0.3 is 10.3 Å². The summed E-state index contributed by atoms with van der Waals surface area (Å²) >= 11 is 0. The Labute approximate surface area is 121 Å². The number of nitrogens with one attached hydrogen (secondary N) is 2. The Balaban J connectivity index is 2.07. The van der Waals surface area contributed by atoms with E-state index in [1.165, 1.54) is 12.3 Å². The molecule has 0 aromatic carbocycles. The number of hydrogen-bond donors (Lipinski definition) is 2. The van der Waals surface area contributed by atoms with Gasteiger partial charge in [-0.15, -0.1) is 0 Å². The maximum Gasteiger partial charge on any atom is 0.391 e. The van der Waals surface area contributed by atoms with E-state index in [4.69, 9.17) is 0 Å². The Morgan fingerprint density at radius 2 is 2.00 bits per heavy atom. The van der Waals surface area contributed by atoms with Crippen LogP contribution >= 0.6 is 0 Å². The molecule has 21 heavy (non-hydrogen) atoms. The van der Waals surface area contributed by atoms with Crippen molar-refractivity contribution < 1.29 is 21.6 Å². The Morgan fingerprint density at radius 1 is 1.38 bits per heavy atom. The lowest BCUT2D eigenvalue weighted by atomic mass is 9.98. The molecular weight excluding hydrogens is 307 g/mol. The van der Waals surface area contributed by atoms with Crippen LogP contribution in [0.15, 0.2) is 17.2 Å². The van der Waals surface area contributed by atoms with Gasteiger partial charge in [0.2, 0.25) is 10.0 Å². The molecule has 0 amide bonds. The Kier molecular flexibility index (Phi) is 4.64. The van der Waals surface area contributed by atoms with Crippen LogP contribution in [0.25, 0.3) is 0 Å². The van der Waals surface area contributed by atoms with Crippen molar-refractivity contribution >= 4 is 10.0 Å². The van der Waals surface area contributed by atoms with Crippen molar-refractivity contribution in [2.75, 3.05) is 20.1 Å². The van der Waals surface area contributed by atoms with Gasteiger partial charge in [-0.3, -0.25) is 0 Å². The smallest absolute Gasteiger partial charge is 0.363 e. The number of aromatic amines is 1. The summed E-state index contributed by atoms with van der Waals surface area (Å²) in [4.78, 5) is 2.93. The van der Waals surface area contributed by atoms with Gasteiger partial charge in [0.05, 0.1) is 10.8 Å². The van der Waals surface area contributed by atoms with Crippen LogP contribution in [-0.4, -0.2) is 44.0 Å². The predicted octanol–water partition coefficient (Wildman–Crippen LogP) is 1.70. The first-order valence-corrected chi connectivity index (χ1v) is 8.08. The lowest BCUT2D eigenvalue weighted by molar-refractivity contribution is -0.182. The average molecular weight is 325 g/mol. The zero-order valence-corrected chi connectivity index (χ0v) is 12.4. The Hall–Kier alpha value is -1.06. The largest absolute Gasteiger partial charge is 0.391 e. The molecule has 1 aliphatic rings. The topological polar surface area (TPSA) is 65.2 Å². The van der Waals surface area contributed by atoms with E-state index in [1.54, 1.807) is 7.05 Å². The minimum atomic E-state index is -4.25. The second-order valence-corrected chi connectivity index (χ2v) is 7.05. The van der Waals surface area contributed by atoms with Crippen LogP contribution in [0, 0.1) is 5.92 Å². The number of H-pyrrole nitrogens is 1. The number of alkyl halides is 3. The summed E-state index contributed by atoms with van der Waals surface area (Å²) in [5.74, 6) is -1.41. The fourth-order valence-corrected chi connectivity index (χ4v) is 3.92. The molecule has 120 valence electrons. The van der Waals surface area contributed by atoms with E-state index in [0.29, 0.717) is 12.2 Å². The molecule has 0 spiro atoms. The number of hydrogen-bond acceptors (Lipinski definition) is 3. The van der Waals surface area contributed by atoms with E-state index in [0.717, 1.165) is 4.31 Å². The number of halogens is 3. The monoisotopic (exact) mass is 325 g/mol. The first-order valence-electron chi connectivity index (χ1n) is 6.64. The van der Waals surface area contributed by atoms with E-state index in [2.05, 4.69) is 10.3 Å². The highest BCUT2D eigenvalue weighted by Gasteiger charge is 2.43. The van der Waals surface area contributed by atoms with Crippen molar-refractivity contribution in [1.29, 1.82) is 0 Å². The van der Waals surface area contributed by atoms with Crippen LogP contribution in [0.3, 0.4) is 0 Å². The third-order valence-electron chi connectivity index (χ3n) is 3.64. The molecule has 0 atom stereocenters. The van der Waals surface area contributed by atoms with Gasteiger partial charge in [0.25, 0.3) is 0 Å². The zero-order chi connectivity index (χ0) is 15.7. The van der Waals surface area contributed by atoms with Crippen LogP contribution in [0.5, 0.6) is 0 Å².